The number of hydrazine groups is 1. The van der Waals surface area contributed by atoms with Crippen molar-refractivity contribution in [2.45, 2.75) is 57.5 Å². The molecule has 8 heteroatoms. The SMILES string of the molecule is CC(=O)N1C=Cc2ccccc2C1CC(=O)NN1C(=O)NC2(CCC(C)CC2)C1=O. The van der Waals surface area contributed by atoms with Gasteiger partial charge >= 0.3 is 6.03 Å². The number of hydrogen-bond donors (Lipinski definition) is 2. The molecule has 8 nitrogen and oxygen atoms in total. The number of amides is 5. The first-order chi connectivity index (χ1) is 14.3. The quantitative estimate of drug-likeness (QED) is 0.748. The van der Waals surface area contributed by atoms with Gasteiger partial charge in [0.25, 0.3) is 5.91 Å². The zero-order chi connectivity index (χ0) is 21.5. The first-order valence-corrected chi connectivity index (χ1v) is 10.3. The Hall–Kier alpha value is -3.16. The molecule has 1 spiro atoms. The molecule has 0 radical (unpaired) electrons. The first kappa shape index (κ1) is 20.1. The van der Waals surface area contributed by atoms with Crippen molar-refractivity contribution in [3.05, 3.63) is 41.6 Å². The molecule has 1 aromatic rings. The highest BCUT2D eigenvalue weighted by atomic mass is 16.2. The van der Waals surface area contributed by atoms with Gasteiger partial charge in [-0.1, -0.05) is 31.2 Å². The molecule has 158 valence electrons. The van der Waals surface area contributed by atoms with Gasteiger partial charge in [0.1, 0.15) is 5.54 Å². The van der Waals surface area contributed by atoms with Crippen LogP contribution >= 0.6 is 0 Å². The van der Waals surface area contributed by atoms with Gasteiger partial charge in [-0.2, -0.15) is 5.01 Å². The molecule has 1 saturated carbocycles. The van der Waals surface area contributed by atoms with Crippen molar-refractivity contribution in [1.82, 2.24) is 20.7 Å². The molecule has 2 heterocycles. The topological polar surface area (TPSA) is 98.8 Å². The van der Waals surface area contributed by atoms with Crippen LogP contribution in [0.1, 0.15) is 63.1 Å². The Morgan fingerprint density at radius 1 is 1.20 bits per heavy atom. The van der Waals surface area contributed by atoms with Gasteiger partial charge in [0.05, 0.1) is 12.5 Å². The van der Waals surface area contributed by atoms with Crippen molar-refractivity contribution < 1.29 is 19.2 Å². The van der Waals surface area contributed by atoms with Crippen molar-refractivity contribution in [2.75, 3.05) is 0 Å². The maximum Gasteiger partial charge on any atom is 0.344 e. The largest absolute Gasteiger partial charge is 0.344 e. The Morgan fingerprint density at radius 3 is 2.60 bits per heavy atom. The predicted octanol–water partition coefficient (Wildman–Crippen LogP) is 2.48. The Kier molecular flexibility index (Phi) is 5.09. The number of nitrogens with zero attached hydrogens (tertiary/aromatic N) is 2. The summed E-state index contributed by atoms with van der Waals surface area (Å²) in [5.41, 5.74) is 3.33. The van der Waals surface area contributed by atoms with Gasteiger partial charge in [0.15, 0.2) is 0 Å². The van der Waals surface area contributed by atoms with Crippen molar-refractivity contribution in [3.63, 3.8) is 0 Å². The minimum atomic E-state index is -0.914. The van der Waals surface area contributed by atoms with Crippen molar-refractivity contribution in [3.8, 4) is 0 Å². The van der Waals surface area contributed by atoms with Crippen LogP contribution in [0.3, 0.4) is 0 Å². The maximum absolute atomic E-state index is 13.0. The third-order valence-electron chi connectivity index (χ3n) is 6.37. The van der Waals surface area contributed by atoms with E-state index < -0.39 is 29.4 Å². The summed E-state index contributed by atoms with van der Waals surface area (Å²) in [5.74, 6) is -0.578. The lowest BCUT2D eigenvalue weighted by Crippen LogP contribution is -2.51. The van der Waals surface area contributed by atoms with E-state index in [1.54, 1.807) is 6.20 Å². The van der Waals surface area contributed by atoms with E-state index in [4.69, 9.17) is 0 Å². The molecule has 3 aliphatic rings. The number of hydrogen-bond acceptors (Lipinski definition) is 4. The second kappa shape index (κ2) is 7.59. The highest BCUT2D eigenvalue weighted by molar-refractivity contribution is 6.08. The van der Waals surface area contributed by atoms with Crippen LogP contribution < -0.4 is 10.7 Å². The normalized spacial score (nSPS) is 27.8. The number of imide groups is 1. The predicted molar refractivity (Wildman–Crippen MR) is 109 cm³/mol. The molecule has 1 saturated heterocycles. The third kappa shape index (κ3) is 3.46. The first-order valence-electron chi connectivity index (χ1n) is 10.3. The van der Waals surface area contributed by atoms with E-state index in [0.717, 1.165) is 29.0 Å². The molecule has 4 rings (SSSR count). The van der Waals surface area contributed by atoms with Gasteiger partial charge in [-0.3, -0.25) is 19.8 Å². The van der Waals surface area contributed by atoms with Gasteiger partial charge in [0, 0.05) is 13.1 Å². The molecule has 1 unspecified atom stereocenters. The molecular formula is C22H26N4O4. The Balaban J connectivity index is 1.49. The second-order valence-corrected chi connectivity index (χ2v) is 8.46. The summed E-state index contributed by atoms with van der Waals surface area (Å²) in [7, 11) is 0. The van der Waals surface area contributed by atoms with Crippen LogP contribution in [0.5, 0.6) is 0 Å². The summed E-state index contributed by atoms with van der Waals surface area (Å²) in [6.07, 6.45) is 6.28. The molecule has 2 N–H and O–H groups in total. The fraction of sp³-hybridized carbons (Fsp3) is 0.455. The number of carbonyl (C=O) groups excluding carboxylic acids is 4. The zero-order valence-electron chi connectivity index (χ0n) is 17.2. The summed E-state index contributed by atoms with van der Waals surface area (Å²) < 4.78 is 0. The lowest BCUT2D eigenvalue weighted by atomic mass is 9.77. The summed E-state index contributed by atoms with van der Waals surface area (Å²) in [6.45, 7) is 3.57. The van der Waals surface area contributed by atoms with Gasteiger partial charge in [0.2, 0.25) is 11.8 Å². The Labute approximate surface area is 175 Å². The molecule has 0 bridgehead atoms. The maximum atomic E-state index is 13.0. The number of carbonyl (C=O) groups is 4. The number of rotatable bonds is 3. The van der Waals surface area contributed by atoms with E-state index in [1.165, 1.54) is 11.8 Å². The Morgan fingerprint density at radius 2 is 1.90 bits per heavy atom. The van der Waals surface area contributed by atoms with Crippen LogP contribution in [0.15, 0.2) is 30.5 Å². The monoisotopic (exact) mass is 410 g/mol. The molecule has 2 aliphatic heterocycles. The van der Waals surface area contributed by atoms with E-state index in [9.17, 15) is 19.2 Å². The summed E-state index contributed by atoms with van der Waals surface area (Å²) in [5, 5.41) is 3.59. The number of nitrogens with one attached hydrogen (secondary N) is 2. The highest BCUT2D eigenvalue weighted by Gasteiger charge is 2.53. The van der Waals surface area contributed by atoms with Crippen LogP contribution in [-0.4, -0.2) is 39.2 Å². The van der Waals surface area contributed by atoms with Gasteiger partial charge < -0.3 is 10.2 Å². The average Bonchev–Trinajstić information content (AvgIpc) is 2.94. The van der Waals surface area contributed by atoms with Crippen LogP contribution in [0.25, 0.3) is 6.08 Å². The molecule has 1 atom stereocenters. The van der Waals surface area contributed by atoms with Crippen molar-refractivity contribution in [2.24, 2.45) is 5.92 Å². The zero-order valence-corrected chi connectivity index (χ0v) is 17.2. The summed E-state index contributed by atoms with van der Waals surface area (Å²) in [6, 6.07) is 6.43. The molecule has 0 aromatic heterocycles. The number of urea groups is 1. The smallest absolute Gasteiger partial charge is 0.322 e. The second-order valence-electron chi connectivity index (χ2n) is 8.46. The lowest BCUT2D eigenvalue weighted by molar-refractivity contribution is -0.141. The van der Waals surface area contributed by atoms with E-state index in [0.29, 0.717) is 18.8 Å². The molecule has 2 fully saturated rings. The van der Waals surface area contributed by atoms with Crippen LogP contribution in [0.4, 0.5) is 4.79 Å². The molecule has 1 aliphatic carbocycles. The van der Waals surface area contributed by atoms with Crippen molar-refractivity contribution in [1.29, 1.82) is 0 Å². The average molecular weight is 410 g/mol. The van der Waals surface area contributed by atoms with Crippen LogP contribution in [0.2, 0.25) is 0 Å². The van der Waals surface area contributed by atoms with Crippen LogP contribution in [0, 0.1) is 5.92 Å². The van der Waals surface area contributed by atoms with Crippen molar-refractivity contribution >= 4 is 29.8 Å². The van der Waals surface area contributed by atoms with Gasteiger partial charge in [-0.05, 0) is 48.8 Å². The summed E-state index contributed by atoms with van der Waals surface area (Å²) >= 11 is 0. The number of benzene rings is 1. The fourth-order valence-electron chi connectivity index (χ4n) is 4.57. The standard InChI is InChI=1S/C22H26N4O4/c1-14-7-10-22(11-8-14)20(29)26(21(30)23-22)24-19(28)13-18-17-6-4-3-5-16(17)9-12-25(18)15(2)27/h3-6,9,12,14,18H,7-8,10-11,13H2,1-2H3,(H,23,30)(H,24,28). The third-order valence-corrected chi connectivity index (χ3v) is 6.37. The fourth-order valence-corrected chi connectivity index (χ4v) is 4.57. The van der Waals surface area contributed by atoms with Crippen LogP contribution in [-0.2, 0) is 14.4 Å². The molecule has 30 heavy (non-hydrogen) atoms. The van der Waals surface area contributed by atoms with E-state index in [-0.39, 0.29) is 12.3 Å². The lowest BCUT2D eigenvalue weighted by Gasteiger charge is -2.33. The van der Waals surface area contributed by atoms with Gasteiger partial charge in [-0.15, -0.1) is 0 Å². The molecule has 1 aromatic carbocycles. The van der Waals surface area contributed by atoms with Gasteiger partial charge in [-0.25, -0.2) is 4.79 Å². The minimum absolute atomic E-state index is 0.0674. The highest BCUT2D eigenvalue weighted by Crippen LogP contribution is 2.36. The number of fused-ring (bicyclic) bond motifs is 1. The molecular weight excluding hydrogens is 384 g/mol. The Bertz CT molecular complexity index is 933. The molecule has 5 amide bonds. The summed E-state index contributed by atoms with van der Waals surface area (Å²) in [4.78, 5) is 51.8. The van der Waals surface area contributed by atoms with E-state index >= 15 is 0 Å². The van der Waals surface area contributed by atoms with E-state index in [1.807, 2.05) is 30.3 Å². The minimum Gasteiger partial charge on any atom is -0.322 e. The van der Waals surface area contributed by atoms with E-state index in [2.05, 4.69) is 17.7 Å².